The highest BCUT2D eigenvalue weighted by molar-refractivity contribution is 6.33. The van der Waals surface area contributed by atoms with Gasteiger partial charge in [0.2, 0.25) is 0 Å². The molecule has 1 N–H and O–H groups in total. The maximum atomic E-state index is 6.43. The first-order valence-corrected chi connectivity index (χ1v) is 8.04. The molecule has 1 aromatic rings. The van der Waals surface area contributed by atoms with Crippen LogP contribution in [0.15, 0.2) is 12.3 Å². The predicted molar refractivity (Wildman–Crippen MR) is 88.0 cm³/mol. The third kappa shape index (κ3) is 4.31. The molecule has 2 rings (SSSR count). The Balaban J connectivity index is 2.06. The zero-order valence-electron chi connectivity index (χ0n) is 13.4. The molecular weight excluding hydrogens is 286 g/mol. The number of halogens is 1. The van der Waals surface area contributed by atoms with Crippen LogP contribution in [0.25, 0.3) is 0 Å². The number of nitrogens with one attached hydrogen (secondary N) is 1. The van der Waals surface area contributed by atoms with Gasteiger partial charge in [0, 0.05) is 39.0 Å². The SMILES string of the molecule is COC1CN(c2ncc(CNC(C)C)cc2Cl)CCC1C. The molecule has 118 valence electrons. The Morgan fingerprint density at radius 2 is 2.29 bits per heavy atom. The van der Waals surface area contributed by atoms with Gasteiger partial charge in [0.05, 0.1) is 11.1 Å². The van der Waals surface area contributed by atoms with Crippen molar-refractivity contribution >= 4 is 17.4 Å². The van der Waals surface area contributed by atoms with Crippen LogP contribution in [-0.4, -0.2) is 37.3 Å². The van der Waals surface area contributed by atoms with Crippen molar-refractivity contribution in [3.05, 3.63) is 22.8 Å². The first kappa shape index (κ1) is 16.5. The van der Waals surface area contributed by atoms with Gasteiger partial charge in [-0.1, -0.05) is 32.4 Å². The molecule has 1 saturated heterocycles. The lowest BCUT2D eigenvalue weighted by molar-refractivity contribution is 0.0496. The fraction of sp³-hybridized carbons (Fsp3) is 0.688. The van der Waals surface area contributed by atoms with E-state index in [1.54, 1.807) is 7.11 Å². The summed E-state index contributed by atoms with van der Waals surface area (Å²) in [5.41, 5.74) is 1.12. The van der Waals surface area contributed by atoms with Crippen molar-refractivity contribution in [3.8, 4) is 0 Å². The molecule has 0 bridgehead atoms. The van der Waals surface area contributed by atoms with Gasteiger partial charge < -0.3 is 15.0 Å². The number of hydrogen-bond acceptors (Lipinski definition) is 4. The van der Waals surface area contributed by atoms with E-state index in [2.05, 4.69) is 36.0 Å². The third-order valence-electron chi connectivity index (χ3n) is 4.08. The second-order valence-electron chi connectivity index (χ2n) is 6.17. The standard InChI is InChI=1S/C16H26ClN3O/c1-11(2)18-8-13-7-14(17)16(19-9-13)20-6-5-12(3)15(10-20)21-4/h7,9,11-12,15,18H,5-6,8,10H2,1-4H3. The van der Waals surface area contributed by atoms with Crippen LogP contribution in [0.3, 0.4) is 0 Å². The summed E-state index contributed by atoms with van der Waals surface area (Å²) in [6.07, 6.45) is 3.27. The molecule has 5 heteroatoms. The van der Waals surface area contributed by atoms with Gasteiger partial charge in [-0.25, -0.2) is 4.98 Å². The van der Waals surface area contributed by atoms with Crippen molar-refractivity contribution in [2.75, 3.05) is 25.1 Å². The Kier molecular flexibility index (Phi) is 5.85. The highest BCUT2D eigenvalue weighted by atomic mass is 35.5. The topological polar surface area (TPSA) is 37.4 Å². The highest BCUT2D eigenvalue weighted by Crippen LogP contribution is 2.29. The number of pyridine rings is 1. The fourth-order valence-corrected chi connectivity index (χ4v) is 2.96. The molecule has 4 nitrogen and oxygen atoms in total. The zero-order valence-corrected chi connectivity index (χ0v) is 14.2. The molecular formula is C16H26ClN3O. The molecule has 0 spiro atoms. The summed E-state index contributed by atoms with van der Waals surface area (Å²) in [6, 6.07) is 2.47. The molecule has 0 aliphatic carbocycles. The number of piperidine rings is 1. The summed E-state index contributed by atoms with van der Waals surface area (Å²) in [5, 5.41) is 4.10. The van der Waals surface area contributed by atoms with Crippen LogP contribution in [0.2, 0.25) is 5.02 Å². The largest absolute Gasteiger partial charge is 0.379 e. The van der Waals surface area contributed by atoms with Crippen molar-refractivity contribution in [2.45, 2.75) is 45.9 Å². The molecule has 1 aliphatic rings. The third-order valence-corrected chi connectivity index (χ3v) is 4.36. The van der Waals surface area contributed by atoms with E-state index in [0.29, 0.717) is 12.0 Å². The van der Waals surface area contributed by atoms with E-state index < -0.39 is 0 Å². The van der Waals surface area contributed by atoms with Crippen molar-refractivity contribution in [2.24, 2.45) is 5.92 Å². The van der Waals surface area contributed by atoms with Gasteiger partial charge in [0.15, 0.2) is 0 Å². The zero-order chi connectivity index (χ0) is 15.4. The smallest absolute Gasteiger partial charge is 0.147 e. The quantitative estimate of drug-likeness (QED) is 0.906. The lowest BCUT2D eigenvalue weighted by Crippen LogP contribution is -2.44. The van der Waals surface area contributed by atoms with E-state index in [1.165, 1.54) is 0 Å². The molecule has 2 atom stereocenters. The van der Waals surface area contributed by atoms with Crippen LogP contribution in [0.1, 0.15) is 32.8 Å². The van der Waals surface area contributed by atoms with Crippen LogP contribution >= 0.6 is 11.6 Å². The number of rotatable bonds is 5. The molecule has 0 saturated carbocycles. The van der Waals surface area contributed by atoms with Crippen LogP contribution in [-0.2, 0) is 11.3 Å². The Morgan fingerprint density at radius 3 is 2.90 bits per heavy atom. The van der Waals surface area contributed by atoms with Crippen LogP contribution in [0, 0.1) is 5.92 Å². The van der Waals surface area contributed by atoms with Crippen molar-refractivity contribution in [3.63, 3.8) is 0 Å². The molecule has 2 unspecified atom stereocenters. The lowest BCUT2D eigenvalue weighted by Gasteiger charge is -2.37. The van der Waals surface area contributed by atoms with E-state index >= 15 is 0 Å². The molecule has 1 fully saturated rings. The summed E-state index contributed by atoms with van der Waals surface area (Å²) in [4.78, 5) is 6.80. The maximum absolute atomic E-state index is 6.43. The van der Waals surface area contributed by atoms with Gasteiger partial charge in [0.1, 0.15) is 5.82 Å². The van der Waals surface area contributed by atoms with Crippen molar-refractivity contribution in [1.29, 1.82) is 0 Å². The normalized spacial score (nSPS) is 22.9. The minimum atomic E-state index is 0.249. The highest BCUT2D eigenvalue weighted by Gasteiger charge is 2.27. The van der Waals surface area contributed by atoms with Crippen molar-refractivity contribution in [1.82, 2.24) is 10.3 Å². The second kappa shape index (κ2) is 7.43. The summed E-state index contributed by atoms with van der Waals surface area (Å²) < 4.78 is 5.56. The Hall–Kier alpha value is -0.840. The van der Waals surface area contributed by atoms with E-state index in [0.717, 1.165) is 42.5 Å². The van der Waals surface area contributed by atoms with Gasteiger partial charge in [0.25, 0.3) is 0 Å². The van der Waals surface area contributed by atoms with Gasteiger partial charge >= 0.3 is 0 Å². The maximum Gasteiger partial charge on any atom is 0.147 e. The molecule has 1 aliphatic heterocycles. The summed E-state index contributed by atoms with van der Waals surface area (Å²) in [7, 11) is 1.78. The van der Waals surface area contributed by atoms with Crippen LogP contribution < -0.4 is 10.2 Å². The average molecular weight is 312 g/mol. The van der Waals surface area contributed by atoms with Crippen LogP contribution in [0.4, 0.5) is 5.82 Å². The minimum Gasteiger partial charge on any atom is -0.379 e. The molecule has 0 aromatic carbocycles. The number of methoxy groups -OCH3 is 1. The van der Waals surface area contributed by atoms with Crippen LogP contribution in [0.5, 0.6) is 0 Å². The fourth-order valence-electron chi connectivity index (χ4n) is 2.65. The summed E-state index contributed by atoms with van der Waals surface area (Å²) in [5.74, 6) is 1.46. The first-order chi connectivity index (χ1) is 10.0. The van der Waals surface area contributed by atoms with E-state index in [-0.39, 0.29) is 6.10 Å². The first-order valence-electron chi connectivity index (χ1n) is 7.66. The molecule has 2 heterocycles. The van der Waals surface area contributed by atoms with E-state index in [9.17, 15) is 0 Å². The van der Waals surface area contributed by atoms with Crippen molar-refractivity contribution < 1.29 is 4.74 Å². The number of nitrogens with zero attached hydrogens (tertiary/aromatic N) is 2. The Bertz CT molecular complexity index is 467. The van der Waals surface area contributed by atoms with Gasteiger partial charge in [-0.05, 0) is 24.0 Å². The van der Waals surface area contributed by atoms with Gasteiger partial charge in [-0.3, -0.25) is 0 Å². The summed E-state index contributed by atoms with van der Waals surface area (Å²) >= 11 is 6.43. The Labute approximate surface area is 132 Å². The average Bonchev–Trinajstić information content (AvgIpc) is 2.46. The van der Waals surface area contributed by atoms with E-state index in [1.807, 2.05) is 12.3 Å². The number of hydrogen-bond donors (Lipinski definition) is 1. The number of ether oxygens (including phenoxy) is 1. The number of anilines is 1. The number of aromatic nitrogens is 1. The monoisotopic (exact) mass is 311 g/mol. The molecule has 21 heavy (non-hydrogen) atoms. The lowest BCUT2D eigenvalue weighted by atomic mass is 9.96. The molecule has 0 radical (unpaired) electrons. The summed E-state index contributed by atoms with van der Waals surface area (Å²) in [6.45, 7) is 9.13. The minimum absolute atomic E-state index is 0.249. The van der Waals surface area contributed by atoms with Gasteiger partial charge in [-0.2, -0.15) is 0 Å². The predicted octanol–water partition coefficient (Wildman–Crippen LogP) is 3.09. The van der Waals surface area contributed by atoms with Gasteiger partial charge in [-0.15, -0.1) is 0 Å². The molecule has 0 amide bonds. The second-order valence-corrected chi connectivity index (χ2v) is 6.58. The Morgan fingerprint density at radius 1 is 1.52 bits per heavy atom. The van der Waals surface area contributed by atoms with E-state index in [4.69, 9.17) is 16.3 Å². The molecule has 1 aromatic heterocycles.